The normalized spacial score (nSPS) is 18.2. The Morgan fingerprint density at radius 3 is 2.65 bits per heavy atom. The minimum atomic E-state index is -0.0485. The van der Waals surface area contributed by atoms with Gasteiger partial charge in [0, 0.05) is 19.0 Å². The first kappa shape index (κ1) is 12.6. The van der Waals surface area contributed by atoms with Gasteiger partial charge in [-0.3, -0.25) is 5.41 Å². The fourth-order valence-corrected chi connectivity index (χ4v) is 2.59. The van der Waals surface area contributed by atoms with Crippen molar-refractivity contribution in [2.45, 2.75) is 12.3 Å². The van der Waals surface area contributed by atoms with Crippen LogP contribution in [0.2, 0.25) is 0 Å². The number of nitrogens with one attached hydrogen (secondary N) is 1. The van der Waals surface area contributed by atoms with E-state index in [2.05, 4.69) is 39.1 Å². The highest BCUT2D eigenvalue weighted by Gasteiger charge is 2.24. The lowest BCUT2D eigenvalue weighted by molar-refractivity contribution is 0.774. The third-order valence-electron chi connectivity index (χ3n) is 3.70. The van der Waals surface area contributed by atoms with Crippen LogP contribution >= 0.6 is 0 Å². The van der Waals surface area contributed by atoms with Crippen molar-refractivity contribution >= 4 is 11.7 Å². The quantitative estimate of drug-likeness (QED) is 0.656. The predicted octanol–water partition coefficient (Wildman–Crippen LogP) is 1.75. The minimum absolute atomic E-state index is 0.0485. The van der Waals surface area contributed by atoms with Crippen LogP contribution in [-0.2, 0) is 0 Å². The Bertz CT molecular complexity index is 593. The van der Waals surface area contributed by atoms with E-state index in [0.29, 0.717) is 11.6 Å². The fraction of sp³-hybridized carbons (Fsp3) is 0.267. The van der Waals surface area contributed by atoms with Crippen molar-refractivity contribution in [1.29, 1.82) is 5.41 Å². The molecule has 0 spiro atoms. The molecule has 0 amide bonds. The molecule has 5 nitrogen and oxygen atoms in total. The van der Waals surface area contributed by atoms with E-state index >= 15 is 0 Å². The molecule has 3 rings (SSSR count). The van der Waals surface area contributed by atoms with Crippen molar-refractivity contribution in [3.05, 3.63) is 54.0 Å². The highest BCUT2D eigenvalue weighted by Crippen LogP contribution is 2.29. The summed E-state index contributed by atoms with van der Waals surface area (Å²) in [7, 11) is 0. The van der Waals surface area contributed by atoms with Crippen molar-refractivity contribution < 1.29 is 0 Å². The summed E-state index contributed by atoms with van der Waals surface area (Å²) in [4.78, 5) is 10.8. The summed E-state index contributed by atoms with van der Waals surface area (Å²) in [6.07, 6.45) is 4.39. The zero-order chi connectivity index (χ0) is 13.9. The minimum Gasteiger partial charge on any atom is -0.382 e. The van der Waals surface area contributed by atoms with E-state index in [-0.39, 0.29) is 5.84 Å². The first-order valence-electron chi connectivity index (χ1n) is 6.70. The molecule has 0 bridgehead atoms. The number of benzene rings is 1. The van der Waals surface area contributed by atoms with E-state index < -0.39 is 0 Å². The molecule has 2 aromatic rings. The molecule has 0 saturated carbocycles. The maximum absolute atomic E-state index is 7.32. The van der Waals surface area contributed by atoms with Crippen molar-refractivity contribution in [3.63, 3.8) is 0 Å². The van der Waals surface area contributed by atoms with E-state index in [0.717, 1.165) is 25.3 Å². The second kappa shape index (κ2) is 5.28. The topological polar surface area (TPSA) is 78.9 Å². The average molecular weight is 267 g/mol. The highest BCUT2D eigenvalue weighted by molar-refractivity contribution is 5.92. The standard InChI is InChI=1S/C15H17N5/c16-15(17)13-8-19-14(9-18-13)20-7-6-12(10-20)11-4-2-1-3-5-11/h1-5,8-9,12H,6-7,10H2,(H3,16,17). The molecular formula is C15H17N5. The Labute approximate surface area is 118 Å². The van der Waals surface area contributed by atoms with Gasteiger partial charge in [-0.25, -0.2) is 9.97 Å². The second-order valence-electron chi connectivity index (χ2n) is 5.02. The first-order valence-corrected chi connectivity index (χ1v) is 6.70. The van der Waals surface area contributed by atoms with Gasteiger partial charge in [-0.1, -0.05) is 30.3 Å². The van der Waals surface area contributed by atoms with Gasteiger partial charge in [0.25, 0.3) is 0 Å². The molecule has 5 heteroatoms. The Balaban J connectivity index is 1.72. The Kier molecular flexibility index (Phi) is 3.33. The number of rotatable bonds is 3. The molecule has 1 fully saturated rings. The summed E-state index contributed by atoms with van der Waals surface area (Å²) in [6.45, 7) is 1.94. The number of nitrogens with two attached hydrogens (primary N) is 1. The summed E-state index contributed by atoms with van der Waals surface area (Å²) in [5, 5.41) is 7.32. The predicted molar refractivity (Wildman–Crippen MR) is 79.1 cm³/mol. The van der Waals surface area contributed by atoms with Crippen LogP contribution in [0.4, 0.5) is 5.82 Å². The zero-order valence-electron chi connectivity index (χ0n) is 11.2. The summed E-state index contributed by atoms with van der Waals surface area (Å²) in [5.41, 5.74) is 7.18. The Hall–Kier alpha value is -2.43. The van der Waals surface area contributed by atoms with Gasteiger partial charge in [-0.2, -0.15) is 0 Å². The van der Waals surface area contributed by atoms with Crippen LogP contribution in [0.1, 0.15) is 23.6 Å². The van der Waals surface area contributed by atoms with Gasteiger partial charge in [-0.15, -0.1) is 0 Å². The molecule has 3 N–H and O–H groups in total. The van der Waals surface area contributed by atoms with Crippen molar-refractivity contribution in [3.8, 4) is 0 Å². The molecular weight excluding hydrogens is 250 g/mol. The number of hydrogen-bond donors (Lipinski definition) is 2. The van der Waals surface area contributed by atoms with E-state index in [1.54, 1.807) is 12.4 Å². The van der Waals surface area contributed by atoms with E-state index in [4.69, 9.17) is 11.1 Å². The van der Waals surface area contributed by atoms with Gasteiger partial charge in [0.05, 0.1) is 12.4 Å². The van der Waals surface area contributed by atoms with Gasteiger partial charge in [0.2, 0.25) is 0 Å². The Morgan fingerprint density at radius 1 is 1.20 bits per heavy atom. The summed E-state index contributed by atoms with van der Waals surface area (Å²) in [5.74, 6) is 1.35. The van der Waals surface area contributed by atoms with E-state index in [9.17, 15) is 0 Å². The smallest absolute Gasteiger partial charge is 0.147 e. The molecule has 102 valence electrons. The lowest BCUT2D eigenvalue weighted by Gasteiger charge is -2.17. The maximum atomic E-state index is 7.32. The zero-order valence-corrected chi connectivity index (χ0v) is 11.2. The van der Waals surface area contributed by atoms with Gasteiger partial charge >= 0.3 is 0 Å². The molecule has 1 aromatic carbocycles. The molecule has 1 unspecified atom stereocenters. The number of amidine groups is 1. The molecule has 1 aliphatic rings. The average Bonchev–Trinajstić information content (AvgIpc) is 2.98. The van der Waals surface area contributed by atoms with Gasteiger partial charge in [-0.05, 0) is 12.0 Å². The van der Waals surface area contributed by atoms with Crippen molar-refractivity contribution in [2.24, 2.45) is 5.73 Å². The summed E-state index contributed by atoms with van der Waals surface area (Å²) >= 11 is 0. The van der Waals surface area contributed by atoms with Gasteiger partial charge in [0.15, 0.2) is 0 Å². The van der Waals surface area contributed by atoms with Crippen LogP contribution in [0.25, 0.3) is 0 Å². The van der Waals surface area contributed by atoms with Gasteiger partial charge < -0.3 is 10.6 Å². The van der Waals surface area contributed by atoms with Crippen LogP contribution in [0.5, 0.6) is 0 Å². The molecule has 1 aromatic heterocycles. The largest absolute Gasteiger partial charge is 0.382 e. The first-order chi connectivity index (χ1) is 9.74. The van der Waals surface area contributed by atoms with Crippen molar-refractivity contribution in [1.82, 2.24) is 9.97 Å². The van der Waals surface area contributed by atoms with E-state index in [1.807, 2.05) is 6.07 Å². The van der Waals surface area contributed by atoms with Crippen LogP contribution in [0.3, 0.4) is 0 Å². The molecule has 20 heavy (non-hydrogen) atoms. The van der Waals surface area contributed by atoms with Crippen LogP contribution in [0.15, 0.2) is 42.7 Å². The third kappa shape index (κ3) is 2.47. The molecule has 1 aliphatic heterocycles. The number of hydrogen-bond acceptors (Lipinski definition) is 4. The Morgan fingerprint density at radius 2 is 2.00 bits per heavy atom. The fourth-order valence-electron chi connectivity index (χ4n) is 2.59. The SMILES string of the molecule is N=C(N)c1cnc(N2CCC(c3ccccc3)C2)cn1. The summed E-state index contributed by atoms with van der Waals surface area (Å²) < 4.78 is 0. The molecule has 0 radical (unpaired) electrons. The van der Waals surface area contributed by atoms with Crippen LogP contribution in [0, 0.1) is 5.41 Å². The molecule has 2 heterocycles. The lowest BCUT2D eigenvalue weighted by Crippen LogP contribution is -2.21. The number of nitrogens with zero attached hydrogens (tertiary/aromatic N) is 3. The third-order valence-corrected chi connectivity index (χ3v) is 3.70. The monoisotopic (exact) mass is 267 g/mol. The van der Waals surface area contributed by atoms with Crippen molar-refractivity contribution in [2.75, 3.05) is 18.0 Å². The second-order valence-corrected chi connectivity index (χ2v) is 5.02. The molecule has 0 aliphatic carbocycles. The molecule has 1 saturated heterocycles. The van der Waals surface area contributed by atoms with E-state index in [1.165, 1.54) is 5.56 Å². The lowest BCUT2D eigenvalue weighted by atomic mass is 9.99. The summed E-state index contributed by atoms with van der Waals surface area (Å²) in [6, 6.07) is 10.6. The number of aromatic nitrogens is 2. The number of nitrogen functional groups attached to an aromatic ring is 1. The highest BCUT2D eigenvalue weighted by atomic mass is 15.2. The number of anilines is 1. The molecule has 1 atom stereocenters. The maximum Gasteiger partial charge on any atom is 0.147 e. The van der Waals surface area contributed by atoms with Crippen LogP contribution < -0.4 is 10.6 Å². The van der Waals surface area contributed by atoms with Crippen LogP contribution in [-0.4, -0.2) is 28.9 Å². The van der Waals surface area contributed by atoms with Gasteiger partial charge in [0.1, 0.15) is 17.3 Å².